The molecule has 2 N–H and O–H groups in total. The minimum atomic E-state index is -0.543. The van der Waals surface area contributed by atoms with Crippen LogP contribution in [0.4, 0.5) is 0 Å². The number of nitrogens with two attached hydrogens (primary N) is 1. The van der Waals surface area contributed by atoms with Crippen LogP contribution in [0, 0.1) is 0 Å². The zero-order valence-electron chi connectivity index (χ0n) is 15.0. The average Bonchev–Trinajstić information content (AvgIpc) is 2.67. The lowest BCUT2D eigenvalue weighted by atomic mass is 9.80. The van der Waals surface area contributed by atoms with Crippen LogP contribution in [0.25, 0.3) is 10.8 Å². The van der Waals surface area contributed by atoms with Crippen molar-refractivity contribution in [3.63, 3.8) is 0 Å². The average molecular weight is 414 g/mol. The van der Waals surface area contributed by atoms with Crippen molar-refractivity contribution in [2.75, 3.05) is 6.61 Å². The minimum absolute atomic E-state index is 0.0113. The van der Waals surface area contributed by atoms with Crippen LogP contribution < -0.4 is 10.5 Å². The predicted octanol–water partition coefficient (Wildman–Crippen LogP) is 5.40. The lowest BCUT2D eigenvalue weighted by Gasteiger charge is -2.30. The number of ether oxygens (including phenoxy) is 2. The van der Waals surface area contributed by atoms with Gasteiger partial charge in [-0.05, 0) is 41.5 Å². The van der Waals surface area contributed by atoms with Crippen molar-refractivity contribution >= 4 is 39.9 Å². The van der Waals surface area contributed by atoms with Gasteiger partial charge in [0, 0.05) is 15.6 Å². The Balaban J connectivity index is 2.04. The van der Waals surface area contributed by atoms with E-state index in [1.807, 2.05) is 36.4 Å². The standard InChI is InChI=1S/C22H17Cl2NO3/c1-2-27-22(26)20-19(15-9-8-13(23)11-16(15)24)18-14-6-4-3-5-12(14)7-10-17(18)28-21(20)25/h3-11,19H,2,25H2,1H3. The maximum absolute atomic E-state index is 12.8. The van der Waals surface area contributed by atoms with E-state index < -0.39 is 11.9 Å². The number of fused-ring (bicyclic) bond motifs is 3. The smallest absolute Gasteiger partial charge is 0.340 e. The van der Waals surface area contributed by atoms with Crippen LogP contribution in [0.5, 0.6) is 5.75 Å². The molecule has 1 heterocycles. The van der Waals surface area contributed by atoms with E-state index >= 15 is 0 Å². The molecule has 0 spiro atoms. The summed E-state index contributed by atoms with van der Waals surface area (Å²) < 4.78 is 11.1. The second kappa shape index (κ2) is 7.38. The van der Waals surface area contributed by atoms with Crippen LogP contribution >= 0.6 is 23.2 Å². The fourth-order valence-electron chi connectivity index (χ4n) is 3.60. The monoisotopic (exact) mass is 413 g/mol. The van der Waals surface area contributed by atoms with Gasteiger partial charge in [-0.2, -0.15) is 0 Å². The highest BCUT2D eigenvalue weighted by molar-refractivity contribution is 6.35. The Morgan fingerprint density at radius 1 is 1.14 bits per heavy atom. The molecule has 4 nitrogen and oxygen atoms in total. The second-order valence-corrected chi connectivity index (χ2v) is 7.24. The van der Waals surface area contributed by atoms with Crippen molar-refractivity contribution in [3.8, 4) is 5.75 Å². The van der Waals surface area contributed by atoms with Crippen molar-refractivity contribution in [1.29, 1.82) is 0 Å². The number of rotatable bonds is 3. The molecule has 1 atom stereocenters. The number of hydrogen-bond acceptors (Lipinski definition) is 4. The molecular weight excluding hydrogens is 397 g/mol. The fraction of sp³-hybridized carbons (Fsp3) is 0.136. The zero-order valence-corrected chi connectivity index (χ0v) is 16.6. The maximum atomic E-state index is 12.8. The third-order valence-electron chi connectivity index (χ3n) is 4.76. The van der Waals surface area contributed by atoms with E-state index in [0.29, 0.717) is 21.4 Å². The first-order chi connectivity index (χ1) is 13.5. The molecule has 1 unspecified atom stereocenters. The van der Waals surface area contributed by atoms with Crippen LogP contribution in [0.1, 0.15) is 24.0 Å². The summed E-state index contributed by atoms with van der Waals surface area (Å²) in [7, 11) is 0. The quantitative estimate of drug-likeness (QED) is 0.583. The molecule has 3 aromatic rings. The third-order valence-corrected chi connectivity index (χ3v) is 5.32. The van der Waals surface area contributed by atoms with Gasteiger partial charge in [0.2, 0.25) is 5.88 Å². The molecule has 0 amide bonds. The van der Waals surface area contributed by atoms with Crippen LogP contribution in [-0.4, -0.2) is 12.6 Å². The van der Waals surface area contributed by atoms with Crippen LogP contribution in [0.2, 0.25) is 10.0 Å². The van der Waals surface area contributed by atoms with Gasteiger partial charge in [-0.25, -0.2) is 4.79 Å². The molecule has 6 heteroatoms. The molecule has 0 aromatic heterocycles. The minimum Gasteiger partial charge on any atom is -0.462 e. The molecule has 4 rings (SSSR count). The summed E-state index contributed by atoms with van der Waals surface area (Å²) in [6.45, 7) is 1.96. The first kappa shape index (κ1) is 18.7. The predicted molar refractivity (Wildman–Crippen MR) is 111 cm³/mol. The normalized spacial score (nSPS) is 15.9. The fourth-order valence-corrected chi connectivity index (χ4v) is 4.11. The lowest BCUT2D eigenvalue weighted by Crippen LogP contribution is -2.27. The van der Waals surface area contributed by atoms with Gasteiger partial charge < -0.3 is 15.2 Å². The second-order valence-electron chi connectivity index (χ2n) is 6.40. The van der Waals surface area contributed by atoms with Crippen molar-refractivity contribution in [2.24, 2.45) is 5.73 Å². The van der Waals surface area contributed by atoms with E-state index in [4.69, 9.17) is 38.4 Å². The van der Waals surface area contributed by atoms with E-state index in [-0.39, 0.29) is 18.1 Å². The van der Waals surface area contributed by atoms with Gasteiger partial charge in [0.05, 0.1) is 12.5 Å². The Morgan fingerprint density at radius 2 is 1.93 bits per heavy atom. The highest BCUT2D eigenvalue weighted by Gasteiger charge is 2.37. The highest BCUT2D eigenvalue weighted by Crippen LogP contribution is 2.47. The molecule has 1 aliphatic rings. The molecular formula is C22H17Cl2NO3. The summed E-state index contributed by atoms with van der Waals surface area (Å²) in [6.07, 6.45) is 0. The van der Waals surface area contributed by atoms with Crippen LogP contribution in [0.15, 0.2) is 66.1 Å². The highest BCUT2D eigenvalue weighted by atomic mass is 35.5. The topological polar surface area (TPSA) is 61.5 Å². The molecule has 0 radical (unpaired) electrons. The Labute approximate surface area is 172 Å². The van der Waals surface area contributed by atoms with Crippen molar-refractivity contribution < 1.29 is 14.3 Å². The van der Waals surface area contributed by atoms with Crippen molar-refractivity contribution in [3.05, 3.63) is 87.2 Å². The Kier molecular flexibility index (Phi) is 4.92. The summed E-state index contributed by atoms with van der Waals surface area (Å²) in [6, 6.07) is 16.9. The van der Waals surface area contributed by atoms with Crippen molar-refractivity contribution in [1.82, 2.24) is 0 Å². The van der Waals surface area contributed by atoms with Gasteiger partial charge in [-0.1, -0.05) is 59.6 Å². The molecule has 0 saturated carbocycles. The summed E-state index contributed by atoms with van der Waals surface area (Å²) in [5.41, 5.74) is 7.92. The number of halogens is 2. The van der Waals surface area contributed by atoms with Crippen molar-refractivity contribution in [2.45, 2.75) is 12.8 Å². The third kappa shape index (κ3) is 3.09. The van der Waals surface area contributed by atoms with Gasteiger partial charge in [-0.15, -0.1) is 0 Å². The summed E-state index contributed by atoms with van der Waals surface area (Å²) >= 11 is 12.6. The van der Waals surface area contributed by atoms with Gasteiger partial charge >= 0.3 is 5.97 Å². The Bertz CT molecular complexity index is 1120. The van der Waals surface area contributed by atoms with Gasteiger partial charge in [0.1, 0.15) is 11.3 Å². The Morgan fingerprint density at radius 3 is 2.68 bits per heavy atom. The molecule has 0 aliphatic carbocycles. The van der Waals surface area contributed by atoms with Gasteiger partial charge in [0.15, 0.2) is 0 Å². The first-order valence-electron chi connectivity index (χ1n) is 8.82. The number of hydrogen-bond donors (Lipinski definition) is 1. The van der Waals surface area contributed by atoms with Gasteiger partial charge in [-0.3, -0.25) is 0 Å². The summed E-state index contributed by atoms with van der Waals surface area (Å²) in [4.78, 5) is 12.8. The van der Waals surface area contributed by atoms with Crippen LogP contribution in [0.3, 0.4) is 0 Å². The number of esters is 1. The molecule has 142 valence electrons. The van der Waals surface area contributed by atoms with E-state index in [2.05, 4.69) is 0 Å². The molecule has 28 heavy (non-hydrogen) atoms. The van der Waals surface area contributed by atoms with Crippen LogP contribution in [-0.2, 0) is 9.53 Å². The largest absolute Gasteiger partial charge is 0.462 e. The lowest BCUT2D eigenvalue weighted by molar-refractivity contribution is -0.139. The molecule has 0 bridgehead atoms. The van der Waals surface area contributed by atoms with E-state index in [0.717, 1.165) is 16.3 Å². The zero-order chi connectivity index (χ0) is 19.8. The maximum Gasteiger partial charge on any atom is 0.340 e. The van der Waals surface area contributed by atoms with E-state index in [9.17, 15) is 4.79 Å². The number of carbonyl (C=O) groups is 1. The van der Waals surface area contributed by atoms with E-state index in [1.54, 1.807) is 25.1 Å². The summed E-state index contributed by atoms with van der Waals surface area (Å²) in [5.74, 6) is -0.481. The first-order valence-corrected chi connectivity index (χ1v) is 9.58. The van der Waals surface area contributed by atoms with Gasteiger partial charge in [0.25, 0.3) is 0 Å². The molecule has 1 aliphatic heterocycles. The molecule has 3 aromatic carbocycles. The summed E-state index contributed by atoms with van der Waals surface area (Å²) in [5, 5.41) is 2.91. The number of carbonyl (C=O) groups excluding carboxylic acids is 1. The molecule has 0 saturated heterocycles. The number of benzene rings is 3. The molecule has 0 fully saturated rings. The van der Waals surface area contributed by atoms with E-state index in [1.165, 1.54) is 0 Å². The SMILES string of the molecule is CCOC(=O)C1=C(N)Oc2ccc3ccccc3c2C1c1ccc(Cl)cc1Cl. The Hall–Kier alpha value is -2.69.